The van der Waals surface area contributed by atoms with Crippen molar-refractivity contribution in [2.24, 2.45) is 0 Å². The quantitative estimate of drug-likeness (QED) is 0.156. The molecule has 0 amide bonds. The maximum atomic E-state index is 9.24. The minimum absolute atomic E-state index is 0. The van der Waals surface area contributed by atoms with Crippen LogP contribution in [0.2, 0.25) is 0 Å². The minimum Gasteiger partial charge on any atom is -0.486 e. The Kier molecular flexibility index (Phi) is 8.43. The molecule has 52 heavy (non-hydrogen) atoms. The molecule has 0 aliphatic carbocycles. The fourth-order valence-electron chi connectivity index (χ4n) is 6.28. The van der Waals surface area contributed by atoms with Gasteiger partial charge >= 0.3 is 0 Å². The van der Waals surface area contributed by atoms with Crippen LogP contribution in [0.3, 0.4) is 0 Å². The normalized spacial score (nSPS) is 14.2. The standard InChI is InChI=1S/C36H33N2O.C11H8N.Ir/c1-21(2)26-15-16-27(25-11-8-7-9-12-25)33(22(3)4)34(26)31-18-17-29-28-13-10-14-30(35(28)39-36(29)38-31)32-19-23(5)24(6)20-37-32;1-2-6-10(7-3-1)11-8-4-5-9-12-11;/h7-13,15-22H,1-6H3;1-6,8-9H;/q2*-1;/i5D3,6D3,21D,22D;;. The van der Waals surface area contributed by atoms with Gasteiger partial charge in [-0.2, -0.15) is 0 Å². The van der Waals surface area contributed by atoms with Crippen molar-refractivity contribution < 1.29 is 35.5 Å². The zero-order chi connectivity index (χ0) is 42.3. The molecule has 0 aliphatic rings. The molecular weight excluding hydrogens is 815 g/mol. The second kappa shape index (κ2) is 16.0. The predicted molar refractivity (Wildman–Crippen MR) is 211 cm³/mol. The summed E-state index contributed by atoms with van der Waals surface area (Å²) in [6.07, 6.45) is 2.87. The van der Waals surface area contributed by atoms with E-state index in [-0.39, 0.29) is 36.9 Å². The van der Waals surface area contributed by atoms with Crippen LogP contribution in [0.5, 0.6) is 0 Å². The van der Waals surface area contributed by atoms with Crippen LogP contribution in [0.4, 0.5) is 0 Å². The monoisotopic (exact) mass is 864 g/mol. The molecule has 4 heterocycles. The van der Waals surface area contributed by atoms with E-state index >= 15 is 0 Å². The van der Waals surface area contributed by atoms with Crippen LogP contribution in [0.1, 0.15) is 72.7 Å². The minimum atomic E-state index is -2.68. The van der Waals surface area contributed by atoms with Crippen molar-refractivity contribution in [3.8, 4) is 44.9 Å². The fourth-order valence-corrected chi connectivity index (χ4v) is 6.28. The van der Waals surface area contributed by atoms with Gasteiger partial charge in [0.15, 0.2) is 0 Å². The zero-order valence-electron chi connectivity index (χ0n) is 37.2. The Morgan fingerprint density at radius 1 is 0.692 bits per heavy atom. The topological polar surface area (TPSA) is 51.8 Å². The second-order valence-corrected chi connectivity index (χ2v) is 12.6. The number of pyridine rings is 3. The van der Waals surface area contributed by atoms with E-state index in [1.807, 2.05) is 131 Å². The molecule has 0 saturated heterocycles. The van der Waals surface area contributed by atoms with Gasteiger partial charge in [0.05, 0.1) is 11.3 Å². The van der Waals surface area contributed by atoms with Crippen molar-refractivity contribution in [3.05, 3.63) is 162 Å². The third-order valence-corrected chi connectivity index (χ3v) is 8.69. The number of hydrogen-bond donors (Lipinski definition) is 0. The summed E-state index contributed by atoms with van der Waals surface area (Å²) in [5.41, 5.74) is 7.19. The molecule has 4 aromatic heterocycles. The molecule has 0 saturated carbocycles. The Morgan fingerprint density at radius 2 is 1.50 bits per heavy atom. The van der Waals surface area contributed by atoms with Crippen molar-refractivity contribution in [1.82, 2.24) is 15.0 Å². The Hall–Kier alpha value is -5.22. The third kappa shape index (κ3) is 7.39. The molecule has 0 fully saturated rings. The van der Waals surface area contributed by atoms with Crippen molar-refractivity contribution in [2.75, 3.05) is 0 Å². The molecule has 8 rings (SSSR count). The van der Waals surface area contributed by atoms with Gasteiger partial charge in [-0.1, -0.05) is 105 Å². The Labute approximate surface area is 331 Å². The second-order valence-electron chi connectivity index (χ2n) is 12.6. The molecule has 0 spiro atoms. The van der Waals surface area contributed by atoms with Gasteiger partial charge in [-0.25, -0.2) is 4.98 Å². The summed E-state index contributed by atoms with van der Waals surface area (Å²) in [5.74, 6) is -2.06. The first-order chi connectivity index (χ1) is 27.8. The van der Waals surface area contributed by atoms with Gasteiger partial charge in [0.2, 0.25) is 5.71 Å². The summed E-state index contributed by atoms with van der Waals surface area (Å²) < 4.78 is 72.0. The maximum Gasteiger partial charge on any atom is 0.216 e. The van der Waals surface area contributed by atoms with Crippen LogP contribution >= 0.6 is 0 Å². The van der Waals surface area contributed by atoms with E-state index in [4.69, 9.17) is 19.0 Å². The van der Waals surface area contributed by atoms with Gasteiger partial charge in [0, 0.05) is 54.4 Å². The number of fused-ring (bicyclic) bond motifs is 3. The third-order valence-electron chi connectivity index (χ3n) is 8.69. The summed E-state index contributed by atoms with van der Waals surface area (Å²) >= 11 is 0. The molecule has 0 N–H and O–H groups in total. The first kappa shape index (κ1) is 27.4. The summed E-state index contributed by atoms with van der Waals surface area (Å²) in [5, 5.41) is 1.40. The molecule has 0 aliphatic heterocycles. The summed E-state index contributed by atoms with van der Waals surface area (Å²) in [6.45, 7) is 1.96. The number of aryl methyl sites for hydroxylation is 2. The average Bonchev–Trinajstić information content (AvgIpc) is 3.58. The van der Waals surface area contributed by atoms with Crippen molar-refractivity contribution >= 4 is 22.1 Å². The van der Waals surface area contributed by atoms with Gasteiger partial charge < -0.3 is 14.4 Å². The molecule has 261 valence electrons. The van der Waals surface area contributed by atoms with Crippen LogP contribution in [-0.4, -0.2) is 15.0 Å². The van der Waals surface area contributed by atoms with E-state index in [2.05, 4.69) is 22.1 Å². The fraction of sp³-hybridized carbons (Fsp3) is 0.170. The van der Waals surface area contributed by atoms with Gasteiger partial charge in [-0.05, 0) is 82.9 Å². The van der Waals surface area contributed by atoms with Crippen molar-refractivity contribution in [1.29, 1.82) is 0 Å². The molecule has 5 heteroatoms. The number of benzene rings is 4. The van der Waals surface area contributed by atoms with E-state index < -0.39 is 25.5 Å². The first-order valence-electron chi connectivity index (χ1n) is 20.7. The Morgan fingerprint density at radius 3 is 2.21 bits per heavy atom. The summed E-state index contributed by atoms with van der Waals surface area (Å²) in [4.78, 5) is 13.5. The smallest absolute Gasteiger partial charge is 0.216 e. The molecule has 4 nitrogen and oxygen atoms in total. The predicted octanol–water partition coefficient (Wildman–Crippen LogP) is 12.6. The molecule has 0 unspecified atom stereocenters. The van der Waals surface area contributed by atoms with Crippen LogP contribution in [-0.2, 0) is 20.1 Å². The maximum absolute atomic E-state index is 9.24. The summed E-state index contributed by atoms with van der Waals surface area (Å²) in [6, 6.07) is 42.2. The number of furan rings is 1. The molecule has 0 bridgehead atoms. The average molecular weight is 864 g/mol. The van der Waals surface area contributed by atoms with Gasteiger partial charge in [-0.3, -0.25) is 0 Å². The van der Waals surface area contributed by atoms with E-state index in [1.165, 1.54) is 6.07 Å². The molecular formula is C47H41IrN3O-2. The van der Waals surface area contributed by atoms with E-state index in [0.717, 1.165) is 39.7 Å². The van der Waals surface area contributed by atoms with E-state index in [0.29, 0.717) is 38.9 Å². The summed E-state index contributed by atoms with van der Waals surface area (Å²) in [7, 11) is 0. The van der Waals surface area contributed by atoms with E-state index in [9.17, 15) is 1.37 Å². The number of hydrogen-bond acceptors (Lipinski definition) is 4. The van der Waals surface area contributed by atoms with E-state index in [1.54, 1.807) is 12.3 Å². The SMILES string of the molecule is [2H]C([2H])([2H])c1cnc(-c2[c-]ccc3c2oc2nc(-c4c(C([2H])(C)C)ccc(-c5ccccc5)c4C([2H])(C)C)ccc23)cc1C([2H])([2H])[2H].[Ir].[c-]1ccccc1-c1ccccn1. The number of aromatic nitrogens is 3. The first-order valence-corrected chi connectivity index (χ1v) is 16.7. The Bertz CT molecular complexity index is 2720. The van der Waals surface area contributed by atoms with Crippen molar-refractivity contribution in [3.63, 3.8) is 0 Å². The van der Waals surface area contributed by atoms with Gasteiger partial charge in [0.1, 0.15) is 0 Å². The molecule has 4 aromatic carbocycles. The number of rotatable bonds is 6. The molecule has 0 atom stereocenters. The molecule has 8 aromatic rings. The Balaban J connectivity index is 0.000000397. The number of nitrogens with zero attached hydrogens (tertiary/aromatic N) is 3. The van der Waals surface area contributed by atoms with Crippen LogP contribution in [0, 0.1) is 25.8 Å². The zero-order valence-corrected chi connectivity index (χ0v) is 31.6. The molecule has 1 radical (unpaired) electrons. The van der Waals surface area contributed by atoms with Gasteiger partial charge in [-0.15, -0.1) is 54.1 Å². The van der Waals surface area contributed by atoms with Gasteiger partial charge in [0.25, 0.3) is 0 Å². The largest absolute Gasteiger partial charge is 0.486 e. The van der Waals surface area contributed by atoms with Crippen LogP contribution in [0.15, 0.2) is 132 Å². The van der Waals surface area contributed by atoms with Crippen molar-refractivity contribution in [2.45, 2.75) is 53.2 Å². The van der Waals surface area contributed by atoms with Crippen LogP contribution < -0.4 is 0 Å². The van der Waals surface area contributed by atoms with Crippen LogP contribution in [0.25, 0.3) is 67.0 Å².